The van der Waals surface area contributed by atoms with Crippen molar-refractivity contribution in [2.75, 3.05) is 19.8 Å². The molecule has 1 aromatic rings. The smallest absolute Gasteiger partial charge is 0.132 e. The predicted octanol–water partition coefficient (Wildman–Crippen LogP) is 1.18. The lowest BCUT2D eigenvalue weighted by molar-refractivity contribution is 0.0835. The zero-order valence-electron chi connectivity index (χ0n) is 9.78. The quantitative estimate of drug-likeness (QED) is 0.832. The van der Waals surface area contributed by atoms with Crippen molar-refractivity contribution in [1.82, 2.24) is 9.97 Å². The van der Waals surface area contributed by atoms with Crippen LogP contribution in [0.3, 0.4) is 0 Å². The zero-order chi connectivity index (χ0) is 11.4. The first-order valence-electron chi connectivity index (χ1n) is 5.92. The van der Waals surface area contributed by atoms with E-state index in [4.69, 9.17) is 10.5 Å². The Balaban J connectivity index is 2.18. The fourth-order valence-electron chi connectivity index (χ4n) is 2.07. The van der Waals surface area contributed by atoms with E-state index in [1.165, 1.54) is 0 Å². The van der Waals surface area contributed by atoms with Crippen LogP contribution in [0.25, 0.3) is 0 Å². The van der Waals surface area contributed by atoms with Crippen LogP contribution in [0, 0.1) is 6.92 Å². The molecule has 2 N–H and O–H groups in total. The molecule has 4 nitrogen and oxygen atoms in total. The van der Waals surface area contributed by atoms with Crippen LogP contribution in [-0.4, -0.2) is 29.7 Å². The van der Waals surface area contributed by atoms with Gasteiger partial charge in [-0.3, -0.25) is 0 Å². The Morgan fingerprint density at radius 3 is 2.81 bits per heavy atom. The van der Waals surface area contributed by atoms with E-state index in [-0.39, 0.29) is 0 Å². The maximum atomic E-state index is 5.56. The van der Waals surface area contributed by atoms with Crippen molar-refractivity contribution >= 4 is 0 Å². The van der Waals surface area contributed by atoms with Crippen molar-refractivity contribution in [3.63, 3.8) is 0 Å². The molecular formula is C12H19N3O. The molecule has 1 aliphatic heterocycles. The summed E-state index contributed by atoms with van der Waals surface area (Å²) in [6.07, 6.45) is 2.90. The Labute approximate surface area is 96.2 Å². The van der Waals surface area contributed by atoms with Crippen molar-refractivity contribution in [3.05, 3.63) is 23.3 Å². The number of aryl methyl sites for hydroxylation is 1. The molecule has 2 heterocycles. The van der Waals surface area contributed by atoms with E-state index in [1.807, 2.05) is 13.0 Å². The Bertz CT molecular complexity index is 348. The number of hydrogen-bond donors (Lipinski definition) is 1. The zero-order valence-corrected chi connectivity index (χ0v) is 9.78. The minimum absolute atomic E-state index is 0.463. The van der Waals surface area contributed by atoms with E-state index in [0.717, 1.165) is 49.7 Å². The summed E-state index contributed by atoms with van der Waals surface area (Å²) in [7, 11) is 0. The summed E-state index contributed by atoms with van der Waals surface area (Å²) < 4.78 is 5.35. The van der Waals surface area contributed by atoms with Gasteiger partial charge in [0.05, 0.1) is 0 Å². The lowest BCUT2D eigenvalue weighted by Gasteiger charge is -2.21. The number of aromatic nitrogens is 2. The summed E-state index contributed by atoms with van der Waals surface area (Å²) in [5.41, 5.74) is 7.67. The fourth-order valence-corrected chi connectivity index (χ4v) is 2.07. The first kappa shape index (κ1) is 11.5. The highest BCUT2D eigenvalue weighted by Gasteiger charge is 2.19. The molecule has 1 aliphatic rings. The first-order valence-corrected chi connectivity index (χ1v) is 5.92. The molecular weight excluding hydrogens is 202 g/mol. The third kappa shape index (κ3) is 2.77. The Kier molecular flexibility index (Phi) is 3.85. The predicted molar refractivity (Wildman–Crippen MR) is 62.3 cm³/mol. The van der Waals surface area contributed by atoms with Crippen LogP contribution < -0.4 is 5.73 Å². The van der Waals surface area contributed by atoms with Gasteiger partial charge in [0.25, 0.3) is 0 Å². The monoisotopic (exact) mass is 221 g/mol. The second-order valence-electron chi connectivity index (χ2n) is 4.28. The molecule has 1 saturated heterocycles. The molecule has 0 saturated carbocycles. The van der Waals surface area contributed by atoms with Gasteiger partial charge in [-0.25, -0.2) is 9.97 Å². The summed E-state index contributed by atoms with van der Waals surface area (Å²) >= 11 is 0. The Morgan fingerprint density at radius 1 is 1.38 bits per heavy atom. The summed E-state index contributed by atoms with van der Waals surface area (Å²) in [6.45, 7) is 4.32. The summed E-state index contributed by atoms with van der Waals surface area (Å²) in [6, 6.07) is 2.02. The largest absolute Gasteiger partial charge is 0.381 e. The maximum absolute atomic E-state index is 5.56. The van der Waals surface area contributed by atoms with E-state index in [2.05, 4.69) is 9.97 Å². The standard InChI is InChI=1S/C12H19N3O/c1-9-8-11(2-5-13)15-12(14-9)10-3-6-16-7-4-10/h8,10H,2-7,13H2,1H3. The molecule has 0 radical (unpaired) electrons. The van der Waals surface area contributed by atoms with E-state index in [1.54, 1.807) is 0 Å². The second-order valence-corrected chi connectivity index (χ2v) is 4.28. The lowest BCUT2D eigenvalue weighted by atomic mass is 9.99. The second kappa shape index (κ2) is 5.37. The highest BCUT2D eigenvalue weighted by Crippen LogP contribution is 2.24. The lowest BCUT2D eigenvalue weighted by Crippen LogP contribution is -2.18. The van der Waals surface area contributed by atoms with Crippen molar-refractivity contribution in [3.8, 4) is 0 Å². The van der Waals surface area contributed by atoms with E-state index < -0.39 is 0 Å². The average Bonchev–Trinajstić information content (AvgIpc) is 2.30. The van der Waals surface area contributed by atoms with E-state index in [0.29, 0.717) is 12.5 Å². The third-order valence-corrected chi connectivity index (χ3v) is 2.91. The van der Waals surface area contributed by atoms with Gasteiger partial charge in [-0.1, -0.05) is 0 Å². The molecule has 0 bridgehead atoms. The molecule has 88 valence electrons. The number of nitrogens with zero attached hydrogens (tertiary/aromatic N) is 2. The van der Waals surface area contributed by atoms with Gasteiger partial charge in [0.1, 0.15) is 5.82 Å². The molecule has 0 spiro atoms. The summed E-state index contributed by atoms with van der Waals surface area (Å²) in [4.78, 5) is 9.13. The third-order valence-electron chi connectivity index (χ3n) is 2.91. The molecule has 0 unspecified atom stereocenters. The fraction of sp³-hybridized carbons (Fsp3) is 0.667. The number of ether oxygens (including phenoxy) is 1. The Morgan fingerprint density at radius 2 is 2.12 bits per heavy atom. The van der Waals surface area contributed by atoms with Gasteiger partial charge in [-0.2, -0.15) is 0 Å². The molecule has 0 atom stereocenters. The van der Waals surface area contributed by atoms with Crippen molar-refractivity contribution < 1.29 is 4.74 Å². The van der Waals surface area contributed by atoms with Gasteiger partial charge in [0.15, 0.2) is 0 Å². The van der Waals surface area contributed by atoms with Gasteiger partial charge in [-0.05, 0) is 32.4 Å². The van der Waals surface area contributed by atoms with Gasteiger partial charge < -0.3 is 10.5 Å². The molecule has 2 rings (SSSR count). The van der Waals surface area contributed by atoms with Crippen molar-refractivity contribution in [2.45, 2.75) is 32.1 Å². The molecule has 16 heavy (non-hydrogen) atoms. The SMILES string of the molecule is Cc1cc(CCN)nc(C2CCOCC2)n1. The van der Waals surface area contributed by atoms with E-state index >= 15 is 0 Å². The van der Waals surface area contributed by atoms with Crippen LogP contribution in [0.4, 0.5) is 0 Å². The van der Waals surface area contributed by atoms with Gasteiger partial charge >= 0.3 is 0 Å². The van der Waals surface area contributed by atoms with Crippen LogP contribution >= 0.6 is 0 Å². The summed E-state index contributed by atoms with van der Waals surface area (Å²) in [5.74, 6) is 1.44. The van der Waals surface area contributed by atoms with E-state index in [9.17, 15) is 0 Å². The van der Waals surface area contributed by atoms with Gasteiger partial charge in [0.2, 0.25) is 0 Å². The normalized spacial score (nSPS) is 17.6. The molecule has 0 aromatic carbocycles. The number of hydrogen-bond acceptors (Lipinski definition) is 4. The molecule has 4 heteroatoms. The summed E-state index contributed by atoms with van der Waals surface area (Å²) in [5, 5.41) is 0. The topological polar surface area (TPSA) is 61.0 Å². The van der Waals surface area contributed by atoms with Crippen LogP contribution in [0.15, 0.2) is 6.07 Å². The molecule has 0 aliphatic carbocycles. The first-order chi connectivity index (χ1) is 7.79. The molecule has 1 fully saturated rings. The van der Waals surface area contributed by atoms with Crippen molar-refractivity contribution in [1.29, 1.82) is 0 Å². The van der Waals surface area contributed by atoms with Crippen LogP contribution in [0.2, 0.25) is 0 Å². The maximum Gasteiger partial charge on any atom is 0.132 e. The minimum Gasteiger partial charge on any atom is -0.381 e. The number of rotatable bonds is 3. The Hall–Kier alpha value is -1.00. The molecule has 0 amide bonds. The van der Waals surface area contributed by atoms with Crippen LogP contribution in [0.1, 0.15) is 36.0 Å². The highest BCUT2D eigenvalue weighted by atomic mass is 16.5. The van der Waals surface area contributed by atoms with Gasteiger partial charge in [0, 0.05) is 36.9 Å². The van der Waals surface area contributed by atoms with Crippen LogP contribution in [-0.2, 0) is 11.2 Å². The van der Waals surface area contributed by atoms with Gasteiger partial charge in [-0.15, -0.1) is 0 Å². The average molecular weight is 221 g/mol. The van der Waals surface area contributed by atoms with Crippen molar-refractivity contribution in [2.24, 2.45) is 5.73 Å². The highest BCUT2D eigenvalue weighted by molar-refractivity contribution is 5.13. The number of nitrogens with two attached hydrogens (primary N) is 1. The van der Waals surface area contributed by atoms with Crippen LogP contribution in [0.5, 0.6) is 0 Å². The molecule has 1 aromatic heterocycles. The minimum atomic E-state index is 0.463.